The van der Waals surface area contributed by atoms with Crippen molar-refractivity contribution in [3.8, 4) is 5.75 Å². The van der Waals surface area contributed by atoms with Crippen molar-refractivity contribution in [1.29, 1.82) is 0 Å². The van der Waals surface area contributed by atoms with Gasteiger partial charge in [0.25, 0.3) is 0 Å². The SMILES string of the molecule is O=S(=O)(CCn1ccnn1)Cc1ccc(OCc2coc(C=Cc3ccc(Cl)cc3F)n2)cc1. The Morgan fingerprint density at radius 2 is 1.97 bits per heavy atom. The minimum Gasteiger partial charge on any atom is -0.487 e. The first-order valence-corrected chi connectivity index (χ1v) is 12.4. The van der Waals surface area contributed by atoms with Crippen LogP contribution in [0.3, 0.4) is 0 Å². The summed E-state index contributed by atoms with van der Waals surface area (Å²) in [5, 5.41) is 7.75. The zero-order valence-corrected chi connectivity index (χ0v) is 19.4. The van der Waals surface area contributed by atoms with E-state index in [2.05, 4.69) is 15.3 Å². The summed E-state index contributed by atoms with van der Waals surface area (Å²) in [5.74, 6) is 0.328. The summed E-state index contributed by atoms with van der Waals surface area (Å²) >= 11 is 5.75. The highest BCUT2D eigenvalue weighted by Gasteiger charge is 2.13. The summed E-state index contributed by atoms with van der Waals surface area (Å²) in [4.78, 5) is 4.28. The average molecular weight is 503 g/mol. The van der Waals surface area contributed by atoms with Gasteiger partial charge < -0.3 is 9.15 Å². The van der Waals surface area contributed by atoms with Crippen LogP contribution >= 0.6 is 11.6 Å². The number of halogens is 2. The number of nitrogens with zero attached hydrogens (tertiary/aromatic N) is 4. The van der Waals surface area contributed by atoms with Crippen LogP contribution in [-0.4, -0.2) is 34.1 Å². The van der Waals surface area contributed by atoms with Gasteiger partial charge in [0.2, 0.25) is 5.89 Å². The Bertz CT molecular complexity index is 1370. The fourth-order valence-electron chi connectivity index (χ4n) is 3.01. The molecule has 34 heavy (non-hydrogen) atoms. The van der Waals surface area contributed by atoms with Gasteiger partial charge in [-0.2, -0.15) is 0 Å². The second-order valence-corrected chi connectivity index (χ2v) is 9.99. The number of hydrogen-bond acceptors (Lipinski definition) is 7. The van der Waals surface area contributed by atoms with Crippen LogP contribution in [0.2, 0.25) is 5.02 Å². The lowest BCUT2D eigenvalue weighted by molar-refractivity contribution is 0.301. The monoisotopic (exact) mass is 502 g/mol. The molecule has 0 saturated carbocycles. The van der Waals surface area contributed by atoms with Gasteiger partial charge in [-0.3, -0.25) is 4.68 Å². The van der Waals surface area contributed by atoms with Crippen LogP contribution in [-0.2, 0) is 28.7 Å². The molecular formula is C23H20ClFN4O4S. The molecule has 0 aliphatic carbocycles. The lowest BCUT2D eigenvalue weighted by Gasteiger charge is -2.07. The highest BCUT2D eigenvalue weighted by atomic mass is 35.5. The van der Waals surface area contributed by atoms with E-state index < -0.39 is 15.7 Å². The van der Waals surface area contributed by atoms with Crippen molar-refractivity contribution < 1.29 is 22.0 Å². The average Bonchev–Trinajstić information content (AvgIpc) is 3.49. The summed E-state index contributed by atoms with van der Waals surface area (Å²) in [6.45, 7) is 0.412. The van der Waals surface area contributed by atoms with Crippen LogP contribution < -0.4 is 4.74 Å². The van der Waals surface area contributed by atoms with Crippen molar-refractivity contribution in [3.63, 3.8) is 0 Å². The summed E-state index contributed by atoms with van der Waals surface area (Å²) in [5.41, 5.74) is 1.58. The first-order chi connectivity index (χ1) is 16.4. The first kappa shape index (κ1) is 23.7. The number of hydrogen-bond donors (Lipinski definition) is 0. The number of sulfone groups is 1. The fourth-order valence-corrected chi connectivity index (χ4v) is 4.48. The predicted molar refractivity (Wildman–Crippen MR) is 125 cm³/mol. The topological polar surface area (TPSA) is 100 Å². The van der Waals surface area contributed by atoms with E-state index in [4.69, 9.17) is 20.8 Å². The normalized spacial score (nSPS) is 11.8. The number of oxazole rings is 1. The quantitative estimate of drug-likeness (QED) is 0.316. The van der Waals surface area contributed by atoms with Gasteiger partial charge in [0.05, 0.1) is 24.2 Å². The minimum atomic E-state index is -3.29. The highest BCUT2D eigenvalue weighted by Crippen LogP contribution is 2.18. The Labute approximate surface area is 200 Å². The van der Waals surface area contributed by atoms with Crippen LogP contribution in [0, 0.1) is 5.82 Å². The molecule has 8 nitrogen and oxygen atoms in total. The van der Waals surface area contributed by atoms with Crippen molar-refractivity contribution >= 4 is 33.6 Å². The molecule has 0 spiro atoms. The molecule has 0 bridgehead atoms. The first-order valence-electron chi connectivity index (χ1n) is 10.2. The van der Waals surface area contributed by atoms with Crippen LogP contribution in [0.5, 0.6) is 5.75 Å². The van der Waals surface area contributed by atoms with Crippen molar-refractivity contribution in [1.82, 2.24) is 20.0 Å². The van der Waals surface area contributed by atoms with E-state index in [9.17, 15) is 12.8 Å². The molecule has 0 aliphatic rings. The second kappa shape index (κ2) is 10.6. The Hall–Kier alpha value is -3.50. The molecule has 2 aromatic heterocycles. The summed E-state index contributed by atoms with van der Waals surface area (Å²) in [7, 11) is -3.29. The number of benzene rings is 2. The maximum atomic E-state index is 13.8. The van der Waals surface area contributed by atoms with E-state index >= 15 is 0 Å². The largest absolute Gasteiger partial charge is 0.487 e. The maximum Gasteiger partial charge on any atom is 0.218 e. The van der Waals surface area contributed by atoms with Gasteiger partial charge in [-0.1, -0.05) is 35.0 Å². The highest BCUT2D eigenvalue weighted by molar-refractivity contribution is 7.90. The van der Waals surface area contributed by atoms with Crippen LogP contribution in [0.4, 0.5) is 4.39 Å². The molecule has 0 aliphatic heterocycles. The van der Waals surface area contributed by atoms with Gasteiger partial charge in [0.1, 0.15) is 30.1 Å². The molecule has 2 aromatic carbocycles. The van der Waals surface area contributed by atoms with Gasteiger partial charge in [-0.05, 0) is 35.9 Å². The molecule has 0 unspecified atom stereocenters. The molecular weight excluding hydrogens is 483 g/mol. The Morgan fingerprint density at radius 1 is 1.15 bits per heavy atom. The zero-order chi connectivity index (χ0) is 24.0. The van der Waals surface area contributed by atoms with E-state index in [1.807, 2.05) is 0 Å². The lowest BCUT2D eigenvalue weighted by atomic mass is 10.2. The van der Waals surface area contributed by atoms with Gasteiger partial charge >= 0.3 is 0 Å². The van der Waals surface area contributed by atoms with Crippen molar-refractivity contribution in [3.05, 3.63) is 94.7 Å². The molecule has 2 heterocycles. The number of rotatable bonds is 10. The van der Waals surface area contributed by atoms with Crippen LogP contribution in [0.25, 0.3) is 12.2 Å². The second-order valence-electron chi connectivity index (χ2n) is 7.37. The van der Waals surface area contributed by atoms with E-state index in [-0.39, 0.29) is 24.7 Å². The van der Waals surface area contributed by atoms with E-state index in [1.54, 1.807) is 54.7 Å². The maximum absolute atomic E-state index is 13.8. The number of aromatic nitrogens is 4. The molecule has 4 rings (SSSR count). The van der Waals surface area contributed by atoms with Gasteiger partial charge in [-0.15, -0.1) is 5.10 Å². The molecule has 0 fully saturated rings. The molecule has 0 amide bonds. The van der Waals surface area contributed by atoms with E-state index in [1.165, 1.54) is 23.2 Å². The summed E-state index contributed by atoms with van der Waals surface area (Å²) < 4.78 is 51.0. The van der Waals surface area contributed by atoms with Crippen molar-refractivity contribution in [2.75, 3.05) is 5.75 Å². The molecule has 4 aromatic rings. The Kier molecular flexibility index (Phi) is 7.39. The van der Waals surface area contributed by atoms with Crippen molar-refractivity contribution in [2.45, 2.75) is 18.9 Å². The van der Waals surface area contributed by atoms with Crippen molar-refractivity contribution in [2.24, 2.45) is 0 Å². The van der Waals surface area contributed by atoms with Crippen LogP contribution in [0.1, 0.15) is 22.7 Å². The predicted octanol–water partition coefficient (Wildman–Crippen LogP) is 4.42. The van der Waals surface area contributed by atoms with Crippen LogP contribution in [0.15, 0.2) is 65.5 Å². The fraction of sp³-hybridized carbons (Fsp3) is 0.174. The number of ether oxygens (including phenoxy) is 1. The third kappa shape index (κ3) is 6.75. The van der Waals surface area contributed by atoms with Gasteiger partial charge in [0, 0.05) is 22.9 Å². The standard InChI is InChI=1S/C23H20ClFN4O4S/c24-19-5-3-18(22(25)13-19)4-8-23-27-20(15-33-23)14-32-21-6-1-17(2-7-21)16-34(30,31)12-11-29-10-9-26-28-29/h1-10,13,15H,11-12,14,16H2. The van der Waals surface area contributed by atoms with E-state index in [0.29, 0.717) is 33.5 Å². The Morgan fingerprint density at radius 3 is 2.71 bits per heavy atom. The zero-order valence-electron chi connectivity index (χ0n) is 17.8. The Balaban J connectivity index is 1.28. The lowest BCUT2D eigenvalue weighted by Crippen LogP contribution is -2.15. The van der Waals surface area contributed by atoms with Gasteiger partial charge in [0.15, 0.2) is 9.84 Å². The molecule has 0 radical (unpaired) electrons. The van der Waals surface area contributed by atoms with Gasteiger partial charge in [-0.25, -0.2) is 17.8 Å². The molecule has 0 saturated heterocycles. The molecule has 0 N–H and O–H groups in total. The summed E-state index contributed by atoms with van der Waals surface area (Å²) in [6, 6.07) is 11.2. The molecule has 11 heteroatoms. The third-order valence-electron chi connectivity index (χ3n) is 4.74. The smallest absolute Gasteiger partial charge is 0.218 e. The molecule has 176 valence electrons. The molecule has 0 atom stereocenters. The third-order valence-corrected chi connectivity index (χ3v) is 6.55. The summed E-state index contributed by atoms with van der Waals surface area (Å²) in [6.07, 6.45) is 7.67. The van der Waals surface area contributed by atoms with E-state index in [0.717, 1.165) is 0 Å². The minimum absolute atomic E-state index is 0.0256. The number of aryl methyl sites for hydroxylation is 1.